The van der Waals surface area contributed by atoms with Crippen molar-refractivity contribution in [1.82, 2.24) is 15.0 Å². The van der Waals surface area contributed by atoms with Gasteiger partial charge < -0.3 is 5.11 Å². The first-order valence-corrected chi connectivity index (χ1v) is 5.38. The number of carboxylic acids is 1. The van der Waals surface area contributed by atoms with Crippen molar-refractivity contribution in [2.75, 3.05) is 0 Å². The molecule has 1 aromatic heterocycles. The van der Waals surface area contributed by atoms with Gasteiger partial charge in [-0.2, -0.15) is 0 Å². The van der Waals surface area contributed by atoms with Crippen LogP contribution in [0.4, 0.5) is 0 Å². The van der Waals surface area contributed by atoms with Crippen LogP contribution in [0, 0.1) is 0 Å². The molecule has 5 nitrogen and oxygen atoms in total. The standard InChI is InChI=1S/C11H19N3O2/c1-6-10(2,3)8-7-14(13-12-8)11(4,5)9(15)16/h7H,6H2,1-5H3,(H,15,16). The van der Waals surface area contributed by atoms with Gasteiger partial charge in [0.1, 0.15) is 0 Å². The normalized spacial score (nSPS) is 12.8. The Morgan fingerprint density at radius 1 is 1.44 bits per heavy atom. The molecule has 0 aliphatic rings. The molecule has 1 rings (SSSR count). The molecule has 0 saturated carbocycles. The third-order valence-corrected chi connectivity index (χ3v) is 3.17. The first-order valence-electron chi connectivity index (χ1n) is 5.38. The highest BCUT2D eigenvalue weighted by molar-refractivity contribution is 5.75. The van der Waals surface area contributed by atoms with Crippen molar-refractivity contribution in [3.63, 3.8) is 0 Å². The Kier molecular flexibility index (Phi) is 3.08. The fourth-order valence-corrected chi connectivity index (χ4v) is 1.13. The summed E-state index contributed by atoms with van der Waals surface area (Å²) in [7, 11) is 0. The quantitative estimate of drug-likeness (QED) is 0.848. The molecule has 0 aliphatic heterocycles. The van der Waals surface area contributed by atoms with Crippen LogP contribution in [0.3, 0.4) is 0 Å². The third kappa shape index (κ3) is 2.08. The predicted octanol–water partition coefficient (Wildman–Crippen LogP) is 1.79. The maximum Gasteiger partial charge on any atom is 0.331 e. The van der Waals surface area contributed by atoms with E-state index in [9.17, 15) is 4.79 Å². The molecule has 0 aliphatic carbocycles. The minimum Gasteiger partial charge on any atom is -0.479 e. The smallest absolute Gasteiger partial charge is 0.331 e. The van der Waals surface area contributed by atoms with Crippen LogP contribution in [0.15, 0.2) is 6.20 Å². The highest BCUT2D eigenvalue weighted by Crippen LogP contribution is 2.25. The van der Waals surface area contributed by atoms with Crippen LogP contribution in [0.25, 0.3) is 0 Å². The molecule has 0 bridgehead atoms. The van der Waals surface area contributed by atoms with E-state index < -0.39 is 11.5 Å². The van der Waals surface area contributed by atoms with Crippen molar-refractivity contribution in [2.24, 2.45) is 0 Å². The molecule has 0 saturated heterocycles. The zero-order chi connectivity index (χ0) is 12.6. The fourth-order valence-electron chi connectivity index (χ4n) is 1.13. The van der Waals surface area contributed by atoms with Crippen LogP contribution in [-0.4, -0.2) is 26.1 Å². The summed E-state index contributed by atoms with van der Waals surface area (Å²) in [4.78, 5) is 11.1. The van der Waals surface area contributed by atoms with Gasteiger partial charge in [-0.3, -0.25) is 0 Å². The summed E-state index contributed by atoms with van der Waals surface area (Å²) >= 11 is 0. The summed E-state index contributed by atoms with van der Waals surface area (Å²) in [5.74, 6) is -0.918. The molecular weight excluding hydrogens is 206 g/mol. The second kappa shape index (κ2) is 3.88. The Balaban J connectivity index is 3.09. The molecule has 1 heterocycles. The topological polar surface area (TPSA) is 68.0 Å². The van der Waals surface area contributed by atoms with E-state index in [4.69, 9.17) is 5.11 Å². The molecule has 90 valence electrons. The number of carboxylic acid groups (broad SMARTS) is 1. The van der Waals surface area contributed by atoms with Crippen molar-refractivity contribution >= 4 is 5.97 Å². The number of rotatable bonds is 4. The van der Waals surface area contributed by atoms with Crippen molar-refractivity contribution < 1.29 is 9.90 Å². The Morgan fingerprint density at radius 2 is 2.00 bits per heavy atom. The highest BCUT2D eigenvalue weighted by Gasteiger charge is 2.32. The largest absolute Gasteiger partial charge is 0.479 e. The zero-order valence-electron chi connectivity index (χ0n) is 10.5. The maximum atomic E-state index is 11.1. The Morgan fingerprint density at radius 3 is 2.44 bits per heavy atom. The molecule has 0 radical (unpaired) electrons. The van der Waals surface area contributed by atoms with E-state index in [1.807, 2.05) is 0 Å². The van der Waals surface area contributed by atoms with Crippen LogP contribution >= 0.6 is 0 Å². The number of carbonyl (C=O) groups is 1. The highest BCUT2D eigenvalue weighted by atomic mass is 16.4. The summed E-state index contributed by atoms with van der Waals surface area (Å²) < 4.78 is 1.40. The van der Waals surface area contributed by atoms with Gasteiger partial charge in [0.2, 0.25) is 0 Å². The van der Waals surface area contributed by atoms with Gasteiger partial charge in [-0.25, -0.2) is 9.48 Å². The molecular formula is C11H19N3O2. The van der Waals surface area contributed by atoms with Crippen LogP contribution in [0.1, 0.15) is 46.7 Å². The van der Waals surface area contributed by atoms with Crippen LogP contribution in [0.5, 0.6) is 0 Å². The number of aromatic nitrogens is 3. The summed E-state index contributed by atoms with van der Waals surface area (Å²) in [6, 6.07) is 0. The van der Waals surface area contributed by atoms with E-state index in [-0.39, 0.29) is 5.41 Å². The number of aliphatic carboxylic acids is 1. The summed E-state index contributed by atoms with van der Waals surface area (Å²) in [5.41, 5.74) is -0.314. The molecule has 0 amide bonds. The van der Waals surface area contributed by atoms with Crippen LogP contribution in [-0.2, 0) is 15.7 Å². The Hall–Kier alpha value is -1.39. The summed E-state index contributed by atoms with van der Waals surface area (Å²) in [5, 5.41) is 17.0. The van der Waals surface area contributed by atoms with E-state index in [0.29, 0.717) is 0 Å². The monoisotopic (exact) mass is 225 g/mol. The van der Waals surface area contributed by atoms with E-state index in [1.54, 1.807) is 20.0 Å². The zero-order valence-corrected chi connectivity index (χ0v) is 10.5. The average molecular weight is 225 g/mol. The molecule has 1 N–H and O–H groups in total. The fraction of sp³-hybridized carbons (Fsp3) is 0.727. The van der Waals surface area contributed by atoms with Crippen LogP contribution < -0.4 is 0 Å². The number of hydrogen-bond donors (Lipinski definition) is 1. The van der Waals surface area contributed by atoms with Gasteiger partial charge in [0.05, 0.1) is 11.9 Å². The lowest BCUT2D eigenvalue weighted by molar-refractivity contribution is -0.146. The Bertz CT molecular complexity index is 394. The van der Waals surface area contributed by atoms with Gasteiger partial charge >= 0.3 is 5.97 Å². The van der Waals surface area contributed by atoms with E-state index in [1.165, 1.54) is 4.68 Å². The summed E-state index contributed by atoms with van der Waals surface area (Å²) in [6.07, 6.45) is 2.65. The Labute approximate surface area is 95.5 Å². The summed E-state index contributed by atoms with van der Waals surface area (Å²) in [6.45, 7) is 9.41. The first-order chi connectivity index (χ1) is 7.21. The van der Waals surface area contributed by atoms with Gasteiger partial charge in [0.25, 0.3) is 0 Å². The number of nitrogens with zero attached hydrogens (tertiary/aromatic N) is 3. The van der Waals surface area contributed by atoms with Gasteiger partial charge in [-0.1, -0.05) is 26.0 Å². The second-order valence-corrected chi connectivity index (χ2v) is 5.15. The SMILES string of the molecule is CCC(C)(C)c1cn(C(C)(C)C(=O)O)nn1. The van der Waals surface area contributed by atoms with Gasteiger partial charge in [-0.05, 0) is 20.3 Å². The molecule has 0 unspecified atom stereocenters. The van der Waals surface area contributed by atoms with E-state index >= 15 is 0 Å². The lowest BCUT2D eigenvalue weighted by atomic mass is 9.87. The van der Waals surface area contributed by atoms with Gasteiger partial charge in [-0.15, -0.1) is 5.10 Å². The minimum atomic E-state index is -1.06. The molecule has 16 heavy (non-hydrogen) atoms. The van der Waals surface area contributed by atoms with Crippen molar-refractivity contribution in [3.05, 3.63) is 11.9 Å². The lowest BCUT2D eigenvalue weighted by Gasteiger charge is -2.20. The number of hydrogen-bond acceptors (Lipinski definition) is 3. The molecule has 5 heteroatoms. The van der Waals surface area contributed by atoms with E-state index in [2.05, 4.69) is 31.1 Å². The van der Waals surface area contributed by atoms with Crippen molar-refractivity contribution in [1.29, 1.82) is 0 Å². The first kappa shape index (κ1) is 12.7. The van der Waals surface area contributed by atoms with Gasteiger partial charge in [0.15, 0.2) is 5.54 Å². The predicted molar refractivity (Wildman–Crippen MR) is 60.3 cm³/mol. The molecule has 0 aromatic carbocycles. The molecule has 0 atom stereocenters. The van der Waals surface area contributed by atoms with Crippen molar-refractivity contribution in [3.8, 4) is 0 Å². The van der Waals surface area contributed by atoms with E-state index in [0.717, 1.165) is 12.1 Å². The van der Waals surface area contributed by atoms with Crippen molar-refractivity contribution in [2.45, 2.75) is 52.0 Å². The average Bonchev–Trinajstić information content (AvgIpc) is 2.67. The van der Waals surface area contributed by atoms with Gasteiger partial charge in [0, 0.05) is 5.41 Å². The van der Waals surface area contributed by atoms with Crippen LogP contribution in [0.2, 0.25) is 0 Å². The molecule has 0 fully saturated rings. The third-order valence-electron chi connectivity index (χ3n) is 3.17. The molecule has 0 spiro atoms. The minimum absolute atomic E-state index is 0.0766. The second-order valence-electron chi connectivity index (χ2n) is 5.15. The molecule has 1 aromatic rings. The lowest BCUT2D eigenvalue weighted by Crippen LogP contribution is -2.36. The maximum absolute atomic E-state index is 11.1.